The van der Waals surface area contributed by atoms with E-state index in [4.69, 9.17) is 5.73 Å². The highest BCUT2D eigenvalue weighted by Crippen LogP contribution is 2.28. The lowest BCUT2D eigenvalue weighted by molar-refractivity contribution is -0.274. The van der Waals surface area contributed by atoms with Crippen molar-refractivity contribution >= 4 is 45.7 Å². The third-order valence-corrected chi connectivity index (χ3v) is 4.47. The molecule has 132 valence electrons. The minimum atomic E-state index is -4.72. The van der Waals surface area contributed by atoms with Gasteiger partial charge in [0.15, 0.2) is 5.17 Å². The van der Waals surface area contributed by atoms with E-state index in [2.05, 4.69) is 14.9 Å². The van der Waals surface area contributed by atoms with Crippen LogP contribution in [0, 0.1) is 3.57 Å². The molecule has 0 atom stereocenters. The van der Waals surface area contributed by atoms with Crippen molar-refractivity contribution in [2.24, 2.45) is 15.9 Å². The Morgan fingerprint density at radius 1 is 1.20 bits per heavy atom. The zero-order chi connectivity index (χ0) is 18.3. The van der Waals surface area contributed by atoms with E-state index in [0.29, 0.717) is 20.1 Å². The maximum absolute atomic E-state index is 12.2. The standard InChI is InChI=1S/C16H13F3IN3OS/c17-16(18,19)24-14-7-6-12(8-13(14)20)9-22-23-15(21)25-10-11-4-2-1-3-5-11/h1-9H,10H2,(H2,21,23). The highest BCUT2D eigenvalue weighted by atomic mass is 127. The number of alkyl halides is 3. The van der Waals surface area contributed by atoms with E-state index in [0.717, 1.165) is 5.56 Å². The quantitative estimate of drug-likeness (QED) is 0.291. The number of thioether (sulfide) groups is 1. The van der Waals surface area contributed by atoms with Crippen LogP contribution in [0.2, 0.25) is 0 Å². The summed E-state index contributed by atoms with van der Waals surface area (Å²) in [6, 6.07) is 14.0. The Morgan fingerprint density at radius 3 is 2.56 bits per heavy atom. The first-order chi connectivity index (χ1) is 11.8. The largest absolute Gasteiger partial charge is 0.573 e. The molecule has 0 aliphatic heterocycles. The van der Waals surface area contributed by atoms with E-state index in [1.54, 1.807) is 22.6 Å². The summed E-state index contributed by atoms with van der Waals surface area (Å²) in [6.45, 7) is 0. The van der Waals surface area contributed by atoms with Crippen molar-refractivity contribution in [1.29, 1.82) is 0 Å². The zero-order valence-electron chi connectivity index (χ0n) is 12.7. The molecule has 2 N–H and O–H groups in total. The normalized spacial score (nSPS) is 12.6. The van der Waals surface area contributed by atoms with Gasteiger partial charge in [0.05, 0.1) is 9.78 Å². The van der Waals surface area contributed by atoms with Gasteiger partial charge in [-0.1, -0.05) is 42.1 Å². The van der Waals surface area contributed by atoms with Gasteiger partial charge in [-0.15, -0.1) is 18.3 Å². The van der Waals surface area contributed by atoms with Crippen molar-refractivity contribution in [3.05, 3.63) is 63.2 Å². The number of hydrogen-bond donors (Lipinski definition) is 1. The molecule has 2 rings (SSSR count). The molecule has 2 aromatic rings. The molecule has 0 radical (unpaired) electrons. The van der Waals surface area contributed by atoms with E-state index in [1.165, 1.54) is 36.2 Å². The first-order valence-corrected chi connectivity index (χ1v) is 8.98. The van der Waals surface area contributed by atoms with Crippen molar-refractivity contribution in [3.63, 3.8) is 0 Å². The number of benzene rings is 2. The van der Waals surface area contributed by atoms with Gasteiger partial charge < -0.3 is 10.5 Å². The Bertz CT molecular complexity index is 767. The maximum atomic E-state index is 12.2. The minimum absolute atomic E-state index is 0.258. The molecule has 0 fully saturated rings. The number of nitrogens with two attached hydrogens (primary N) is 1. The monoisotopic (exact) mass is 479 g/mol. The van der Waals surface area contributed by atoms with Gasteiger partial charge in [-0.3, -0.25) is 0 Å². The fraction of sp³-hybridized carbons (Fsp3) is 0.125. The van der Waals surface area contributed by atoms with Crippen LogP contribution in [0.15, 0.2) is 58.7 Å². The molecule has 0 heterocycles. The third kappa shape index (κ3) is 7.34. The molecule has 0 aliphatic rings. The van der Waals surface area contributed by atoms with E-state index >= 15 is 0 Å². The Labute approximate surface area is 160 Å². The molecule has 4 nitrogen and oxygen atoms in total. The first kappa shape index (κ1) is 19.6. The van der Waals surface area contributed by atoms with Crippen molar-refractivity contribution in [2.75, 3.05) is 0 Å². The molecule has 0 unspecified atom stereocenters. The van der Waals surface area contributed by atoms with Gasteiger partial charge in [0, 0.05) is 5.75 Å². The summed E-state index contributed by atoms with van der Waals surface area (Å²) in [5.74, 6) is 0.416. The van der Waals surface area contributed by atoms with Crippen LogP contribution in [-0.2, 0) is 5.75 Å². The molecule has 0 spiro atoms. The van der Waals surface area contributed by atoms with Gasteiger partial charge in [0.25, 0.3) is 0 Å². The topological polar surface area (TPSA) is 60.0 Å². The molecular formula is C16H13F3IN3OS. The highest BCUT2D eigenvalue weighted by Gasteiger charge is 2.31. The second-order valence-corrected chi connectivity index (χ2v) is 6.85. The van der Waals surface area contributed by atoms with Crippen molar-refractivity contribution < 1.29 is 17.9 Å². The Hall–Kier alpha value is -1.75. The molecule has 0 amide bonds. The Balaban J connectivity index is 1.93. The van der Waals surface area contributed by atoms with Gasteiger partial charge in [-0.25, -0.2) is 0 Å². The molecule has 2 aromatic carbocycles. The third-order valence-electron chi connectivity index (χ3n) is 2.77. The fourth-order valence-electron chi connectivity index (χ4n) is 1.72. The summed E-state index contributed by atoms with van der Waals surface area (Å²) < 4.78 is 40.9. The van der Waals surface area contributed by atoms with Crippen LogP contribution in [0.5, 0.6) is 5.75 Å². The second kappa shape index (κ2) is 9.09. The molecule has 25 heavy (non-hydrogen) atoms. The number of rotatable bonds is 5. The molecule has 0 aliphatic carbocycles. The highest BCUT2D eigenvalue weighted by molar-refractivity contribution is 14.1. The lowest BCUT2D eigenvalue weighted by Gasteiger charge is -2.10. The summed E-state index contributed by atoms with van der Waals surface area (Å²) in [6.07, 6.45) is -3.31. The average Bonchev–Trinajstić information content (AvgIpc) is 2.55. The molecule has 0 saturated carbocycles. The number of ether oxygens (including phenoxy) is 1. The molecule has 0 saturated heterocycles. The molecule has 0 bridgehead atoms. The number of nitrogens with zero attached hydrogens (tertiary/aromatic N) is 2. The van der Waals surface area contributed by atoms with Gasteiger partial charge in [-0.2, -0.15) is 5.10 Å². The van der Waals surface area contributed by atoms with E-state index in [9.17, 15) is 13.2 Å². The summed E-state index contributed by atoms with van der Waals surface area (Å²) in [7, 11) is 0. The van der Waals surface area contributed by atoms with Crippen LogP contribution in [0.25, 0.3) is 0 Å². The van der Waals surface area contributed by atoms with Crippen molar-refractivity contribution in [2.45, 2.75) is 12.1 Å². The molecule has 9 heteroatoms. The van der Waals surface area contributed by atoms with E-state index in [-0.39, 0.29) is 5.75 Å². The number of hydrogen-bond acceptors (Lipinski definition) is 4. The van der Waals surface area contributed by atoms with Gasteiger partial charge >= 0.3 is 6.36 Å². The van der Waals surface area contributed by atoms with Crippen LogP contribution < -0.4 is 10.5 Å². The fourth-order valence-corrected chi connectivity index (χ4v) is 2.98. The van der Waals surface area contributed by atoms with Crippen LogP contribution in [0.4, 0.5) is 13.2 Å². The van der Waals surface area contributed by atoms with Gasteiger partial charge in [0.2, 0.25) is 0 Å². The predicted molar refractivity (Wildman–Crippen MR) is 103 cm³/mol. The van der Waals surface area contributed by atoms with E-state index in [1.807, 2.05) is 30.3 Å². The maximum Gasteiger partial charge on any atom is 0.573 e. The van der Waals surface area contributed by atoms with Crippen LogP contribution in [-0.4, -0.2) is 17.7 Å². The smallest absolute Gasteiger partial charge is 0.405 e. The molecular weight excluding hydrogens is 466 g/mol. The predicted octanol–water partition coefficient (Wildman–Crippen LogP) is 4.77. The van der Waals surface area contributed by atoms with Gasteiger partial charge in [-0.05, 0) is 51.9 Å². The van der Waals surface area contributed by atoms with Crippen LogP contribution in [0.1, 0.15) is 11.1 Å². The number of halogens is 4. The van der Waals surface area contributed by atoms with Crippen LogP contribution in [0.3, 0.4) is 0 Å². The summed E-state index contributed by atoms with van der Waals surface area (Å²) in [4.78, 5) is 0. The Morgan fingerprint density at radius 2 is 1.92 bits per heavy atom. The lowest BCUT2D eigenvalue weighted by atomic mass is 10.2. The van der Waals surface area contributed by atoms with Crippen molar-refractivity contribution in [3.8, 4) is 5.75 Å². The van der Waals surface area contributed by atoms with E-state index < -0.39 is 6.36 Å². The average molecular weight is 479 g/mol. The van der Waals surface area contributed by atoms with Crippen LogP contribution >= 0.6 is 34.4 Å². The molecule has 0 aromatic heterocycles. The number of amidine groups is 1. The Kier molecular flexibility index (Phi) is 7.12. The summed E-state index contributed by atoms with van der Waals surface area (Å²) >= 11 is 3.10. The van der Waals surface area contributed by atoms with Gasteiger partial charge in [0.1, 0.15) is 5.75 Å². The zero-order valence-corrected chi connectivity index (χ0v) is 15.7. The summed E-state index contributed by atoms with van der Waals surface area (Å²) in [5, 5.41) is 8.01. The first-order valence-electron chi connectivity index (χ1n) is 6.92. The minimum Gasteiger partial charge on any atom is -0.405 e. The lowest BCUT2D eigenvalue weighted by Crippen LogP contribution is -2.17. The second-order valence-electron chi connectivity index (χ2n) is 4.69. The summed E-state index contributed by atoms with van der Waals surface area (Å²) in [5.41, 5.74) is 7.46. The van der Waals surface area contributed by atoms with Crippen molar-refractivity contribution in [1.82, 2.24) is 0 Å². The SMILES string of the molecule is NC(=NN=Cc1ccc(OC(F)(F)F)c(I)c1)SCc1ccccc1.